The van der Waals surface area contributed by atoms with E-state index in [4.69, 9.17) is 4.74 Å². The molecule has 19 heavy (non-hydrogen) atoms. The van der Waals surface area contributed by atoms with Gasteiger partial charge in [0.2, 0.25) is 0 Å². The van der Waals surface area contributed by atoms with Crippen molar-refractivity contribution in [3.05, 3.63) is 28.2 Å². The Bertz CT molecular complexity index is 435. The summed E-state index contributed by atoms with van der Waals surface area (Å²) in [6.45, 7) is 5.56. The van der Waals surface area contributed by atoms with Crippen LogP contribution in [0.4, 0.5) is 0 Å². The average molecular weight is 330 g/mol. The molecule has 1 amide bonds. The van der Waals surface area contributed by atoms with E-state index < -0.39 is 6.10 Å². The highest BCUT2D eigenvalue weighted by atomic mass is 79.9. The van der Waals surface area contributed by atoms with Crippen LogP contribution in [0.2, 0.25) is 0 Å². The number of amides is 1. The lowest BCUT2D eigenvalue weighted by atomic mass is 10.1. The van der Waals surface area contributed by atoms with Crippen LogP contribution in [0.15, 0.2) is 22.7 Å². The van der Waals surface area contributed by atoms with Gasteiger partial charge in [-0.2, -0.15) is 0 Å². The first-order valence-electron chi connectivity index (χ1n) is 6.33. The summed E-state index contributed by atoms with van der Waals surface area (Å²) >= 11 is 3.34. The second-order valence-electron chi connectivity index (χ2n) is 4.52. The summed E-state index contributed by atoms with van der Waals surface area (Å²) in [6.07, 6.45) is 0.230. The monoisotopic (exact) mass is 329 g/mol. The van der Waals surface area contributed by atoms with Crippen LogP contribution in [0.1, 0.15) is 38.9 Å². The molecule has 1 rings (SSSR count). The van der Waals surface area contributed by atoms with Gasteiger partial charge in [0.05, 0.1) is 6.10 Å². The van der Waals surface area contributed by atoms with Crippen molar-refractivity contribution in [3.8, 4) is 5.75 Å². The van der Waals surface area contributed by atoms with Crippen LogP contribution in [0.5, 0.6) is 5.75 Å². The molecule has 0 saturated heterocycles. The lowest BCUT2D eigenvalue weighted by Crippen LogP contribution is -2.35. The van der Waals surface area contributed by atoms with Crippen molar-refractivity contribution in [2.24, 2.45) is 0 Å². The summed E-state index contributed by atoms with van der Waals surface area (Å²) in [5.74, 6) is 0.367. The summed E-state index contributed by atoms with van der Waals surface area (Å²) in [4.78, 5) is 11.6. The largest absolute Gasteiger partial charge is 0.483 e. The van der Waals surface area contributed by atoms with E-state index in [9.17, 15) is 9.90 Å². The number of carbonyl (C=O) groups is 1. The Hall–Kier alpha value is -1.07. The maximum absolute atomic E-state index is 11.6. The number of aliphatic hydroxyl groups is 1. The van der Waals surface area contributed by atoms with E-state index in [0.29, 0.717) is 11.3 Å². The molecule has 1 aromatic rings. The van der Waals surface area contributed by atoms with Crippen LogP contribution >= 0.6 is 15.9 Å². The fourth-order valence-corrected chi connectivity index (χ4v) is 1.92. The summed E-state index contributed by atoms with van der Waals surface area (Å²) in [7, 11) is 0. The van der Waals surface area contributed by atoms with Crippen LogP contribution in [0, 0.1) is 0 Å². The van der Waals surface area contributed by atoms with Crippen molar-refractivity contribution >= 4 is 21.8 Å². The number of nitrogens with one attached hydrogen (secondary N) is 1. The van der Waals surface area contributed by atoms with Gasteiger partial charge in [-0.1, -0.05) is 22.9 Å². The molecule has 1 aromatic carbocycles. The third kappa shape index (κ3) is 5.20. The number of carbonyl (C=O) groups excluding carboxylic acids is 1. The molecule has 0 fully saturated rings. The van der Waals surface area contributed by atoms with E-state index in [1.165, 1.54) is 0 Å². The standard InChI is InChI=1S/C14H20BrNO3/c1-4-9(2)16-14(18)8-19-13-6-5-11(15)7-12(13)10(3)17/h5-7,9-10,17H,4,8H2,1-3H3,(H,16,18)/t9?,10-/m1/s1. The van der Waals surface area contributed by atoms with Crippen molar-refractivity contribution < 1.29 is 14.6 Å². The zero-order chi connectivity index (χ0) is 14.4. The van der Waals surface area contributed by atoms with E-state index in [0.717, 1.165) is 10.9 Å². The van der Waals surface area contributed by atoms with Crippen molar-refractivity contribution in [2.45, 2.75) is 39.3 Å². The van der Waals surface area contributed by atoms with Gasteiger partial charge in [0, 0.05) is 16.1 Å². The first-order valence-corrected chi connectivity index (χ1v) is 7.13. The first kappa shape index (κ1) is 16.0. The highest BCUT2D eigenvalue weighted by Crippen LogP contribution is 2.28. The predicted molar refractivity (Wildman–Crippen MR) is 78.2 cm³/mol. The quantitative estimate of drug-likeness (QED) is 0.843. The van der Waals surface area contributed by atoms with Crippen molar-refractivity contribution in [1.29, 1.82) is 0 Å². The molecule has 0 aromatic heterocycles. The fraction of sp³-hybridized carbons (Fsp3) is 0.500. The lowest BCUT2D eigenvalue weighted by Gasteiger charge is -2.15. The number of ether oxygens (including phenoxy) is 1. The van der Waals surface area contributed by atoms with E-state index in [1.54, 1.807) is 19.1 Å². The van der Waals surface area contributed by atoms with Gasteiger partial charge in [-0.05, 0) is 38.5 Å². The van der Waals surface area contributed by atoms with Gasteiger partial charge in [-0.15, -0.1) is 0 Å². The topological polar surface area (TPSA) is 58.6 Å². The highest BCUT2D eigenvalue weighted by Gasteiger charge is 2.12. The number of hydrogen-bond acceptors (Lipinski definition) is 3. The van der Waals surface area contributed by atoms with E-state index >= 15 is 0 Å². The van der Waals surface area contributed by atoms with Gasteiger partial charge in [0.15, 0.2) is 6.61 Å². The minimum Gasteiger partial charge on any atom is -0.483 e. The summed E-state index contributed by atoms with van der Waals surface area (Å²) in [5.41, 5.74) is 0.658. The van der Waals surface area contributed by atoms with Crippen LogP contribution in [0.25, 0.3) is 0 Å². The zero-order valence-corrected chi connectivity index (χ0v) is 13.0. The van der Waals surface area contributed by atoms with Gasteiger partial charge < -0.3 is 15.2 Å². The maximum atomic E-state index is 11.6. The number of benzene rings is 1. The molecule has 0 aliphatic rings. The summed E-state index contributed by atoms with van der Waals surface area (Å²) in [6, 6.07) is 5.47. The second-order valence-corrected chi connectivity index (χ2v) is 5.44. The first-order chi connectivity index (χ1) is 8.93. The molecular formula is C14H20BrNO3. The van der Waals surface area contributed by atoms with Crippen LogP contribution in [-0.2, 0) is 4.79 Å². The average Bonchev–Trinajstić information content (AvgIpc) is 2.36. The number of aliphatic hydroxyl groups excluding tert-OH is 1. The minimum atomic E-state index is -0.648. The molecule has 0 radical (unpaired) electrons. The van der Waals surface area contributed by atoms with Crippen LogP contribution < -0.4 is 10.1 Å². The van der Waals surface area contributed by atoms with Gasteiger partial charge in [0.25, 0.3) is 5.91 Å². The molecule has 2 atom stereocenters. The Balaban J connectivity index is 2.65. The predicted octanol–water partition coefficient (Wildman–Crippen LogP) is 2.80. The third-order valence-electron chi connectivity index (χ3n) is 2.80. The zero-order valence-electron chi connectivity index (χ0n) is 11.4. The van der Waals surface area contributed by atoms with Crippen molar-refractivity contribution in [2.75, 3.05) is 6.61 Å². The smallest absolute Gasteiger partial charge is 0.258 e. The molecule has 5 heteroatoms. The van der Waals surface area contributed by atoms with Gasteiger partial charge in [0.1, 0.15) is 5.75 Å². The van der Waals surface area contributed by atoms with Crippen LogP contribution in [0.3, 0.4) is 0 Å². The second kappa shape index (κ2) is 7.50. The molecule has 0 bridgehead atoms. The summed E-state index contributed by atoms with van der Waals surface area (Å²) < 4.78 is 6.33. The molecule has 4 nitrogen and oxygen atoms in total. The van der Waals surface area contributed by atoms with Crippen molar-refractivity contribution in [1.82, 2.24) is 5.32 Å². The lowest BCUT2D eigenvalue weighted by molar-refractivity contribution is -0.123. The van der Waals surface area contributed by atoms with Crippen LogP contribution in [-0.4, -0.2) is 23.7 Å². The van der Waals surface area contributed by atoms with E-state index in [1.807, 2.05) is 19.9 Å². The molecule has 106 valence electrons. The Morgan fingerprint density at radius 2 is 2.16 bits per heavy atom. The maximum Gasteiger partial charge on any atom is 0.258 e. The molecular weight excluding hydrogens is 310 g/mol. The molecule has 0 heterocycles. The highest BCUT2D eigenvalue weighted by molar-refractivity contribution is 9.10. The van der Waals surface area contributed by atoms with Crippen molar-refractivity contribution in [3.63, 3.8) is 0 Å². The Morgan fingerprint density at radius 3 is 2.74 bits per heavy atom. The molecule has 0 saturated carbocycles. The minimum absolute atomic E-state index is 0.0499. The SMILES string of the molecule is CCC(C)NC(=O)COc1ccc(Br)cc1[C@@H](C)O. The van der Waals surface area contributed by atoms with Gasteiger partial charge in [-0.25, -0.2) is 0 Å². The van der Waals surface area contributed by atoms with Gasteiger partial charge in [-0.3, -0.25) is 4.79 Å². The number of hydrogen-bond donors (Lipinski definition) is 2. The Kier molecular flexibility index (Phi) is 6.31. The fourth-order valence-electron chi connectivity index (χ4n) is 1.54. The molecule has 0 aliphatic heterocycles. The number of halogens is 1. The molecule has 0 spiro atoms. The Labute approximate surface area is 122 Å². The third-order valence-corrected chi connectivity index (χ3v) is 3.29. The molecule has 0 aliphatic carbocycles. The summed E-state index contributed by atoms with van der Waals surface area (Å²) in [5, 5.41) is 12.5. The Morgan fingerprint density at radius 1 is 1.47 bits per heavy atom. The van der Waals surface area contributed by atoms with E-state index in [-0.39, 0.29) is 18.6 Å². The molecule has 2 N–H and O–H groups in total. The molecule has 1 unspecified atom stereocenters. The van der Waals surface area contributed by atoms with E-state index in [2.05, 4.69) is 21.2 Å². The van der Waals surface area contributed by atoms with Gasteiger partial charge >= 0.3 is 0 Å². The normalized spacial score (nSPS) is 13.7. The number of rotatable bonds is 6.